The summed E-state index contributed by atoms with van der Waals surface area (Å²) in [5.41, 5.74) is 4.78. The van der Waals surface area contributed by atoms with E-state index in [1.807, 2.05) is 31.4 Å². The summed E-state index contributed by atoms with van der Waals surface area (Å²) in [6.07, 6.45) is 0.819. The van der Waals surface area contributed by atoms with Crippen molar-refractivity contribution in [1.82, 2.24) is 0 Å². The Morgan fingerprint density at radius 1 is 1.28 bits per heavy atom. The molecule has 134 valence electrons. The van der Waals surface area contributed by atoms with E-state index in [1.54, 1.807) is 0 Å². The summed E-state index contributed by atoms with van der Waals surface area (Å²) in [6, 6.07) is 6.15. The zero-order valence-corrected chi connectivity index (χ0v) is 16.9. The smallest absolute Gasteiger partial charge is 0.341 e. The number of carbonyl (C=O) groups excluding carboxylic acids is 1. The molecule has 1 aromatic heterocycles. The molecule has 2 aromatic rings. The maximum Gasteiger partial charge on any atom is 0.341 e. The van der Waals surface area contributed by atoms with Gasteiger partial charge < -0.3 is 15.4 Å². The van der Waals surface area contributed by atoms with Gasteiger partial charge >= 0.3 is 5.97 Å². The average molecular weight is 377 g/mol. The van der Waals surface area contributed by atoms with E-state index in [2.05, 4.69) is 30.5 Å². The van der Waals surface area contributed by atoms with E-state index in [9.17, 15) is 4.79 Å². The third kappa shape index (κ3) is 5.03. The summed E-state index contributed by atoms with van der Waals surface area (Å²) >= 11 is 6.90. The second kappa shape index (κ2) is 8.45. The number of thiocarbonyl (C=S) groups is 1. The summed E-state index contributed by atoms with van der Waals surface area (Å²) in [7, 11) is 1.40. The van der Waals surface area contributed by atoms with Gasteiger partial charge in [-0.15, -0.1) is 11.3 Å². The first kappa shape index (κ1) is 19.4. The number of hydrogen-bond donors (Lipinski definition) is 2. The highest BCUT2D eigenvalue weighted by Crippen LogP contribution is 2.31. The Hall–Kier alpha value is -1.92. The van der Waals surface area contributed by atoms with Crippen LogP contribution in [0.15, 0.2) is 23.6 Å². The Kier molecular flexibility index (Phi) is 6.56. The van der Waals surface area contributed by atoms with Crippen molar-refractivity contribution >= 4 is 45.3 Å². The molecule has 0 radical (unpaired) electrons. The molecule has 0 unspecified atom stereocenters. The van der Waals surface area contributed by atoms with Crippen LogP contribution in [0.25, 0.3) is 0 Å². The fourth-order valence-electron chi connectivity index (χ4n) is 2.53. The van der Waals surface area contributed by atoms with E-state index in [-0.39, 0.29) is 5.97 Å². The van der Waals surface area contributed by atoms with Crippen LogP contribution < -0.4 is 10.6 Å². The van der Waals surface area contributed by atoms with Gasteiger partial charge in [-0.1, -0.05) is 26.0 Å². The van der Waals surface area contributed by atoms with E-state index in [1.165, 1.54) is 18.4 Å². The minimum absolute atomic E-state index is 0.339. The van der Waals surface area contributed by atoms with E-state index < -0.39 is 0 Å². The molecule has 1 heterocycles. The van der Waals surface area contributed by atoms with Crippen LogP contribution >= 0.6 is 23.6 Å². The molecule has 25 heavy (non-hydrogen) atoms. The Labute approximate surface area is 158 Å². The second-order valence-electron chi connectivity index (χ2n) is 6.45. The van der Waals surface area contributed by atoms with Gasteiger partial charge in [0.1, 0.15) is 5.00 Å². The predicted octanol–water partition coefficient (Wildman–Crippen LogP) is 5.16. The summed E-state index contributed by atoms with van der Waals surface area (Å²) in [5.74, 6) is 0.111. The fourth-order valence-corrected chi connectivity index (χ4v) is 3.77. The topological polar surface area (TPSA) is 50.4 Å². The van der Waals surface area contributed by atoms with Crippen molar-refractivity contribution in [3.05, 3.63) is 45.8 Å². The number of hydrogen-bond acceptors (Lipinski definition) is 4. The quantitative estimate of drug-likeness (QED) is 0.558. The predicted molar refractivity (Wildman–Crippen MR) is 110 cm³/mol. The van der Waals surface area contributed by atoms with Crippen LogP contribution in [0.4, 0.5) is 10.7 Å². The third-order valence-corrected chi connectivity index (χ3v) is 4.90. The molecule has 0 saturated carbocycles. The van der Waals surface area contributed by atoms with E-state index >= 15 is 0 Å². The van der Waals surface area contributed by atoms with Gasteiger partial charge in [0.2, 0.25) is 0 Å². The van der Waals surface area contributed by atoms with Gasteiger partial charge in [0.05, 0.1) is 12.7 Å². The number of aryl methyl sites for hydroxylation is 2. The first-order chi connectivity index (χ1) is 11.8. The van der Waals surface area contributed by atoms with Crippen molar-refractivity contribution in [3.63, 3.8) is 0 Å². The van der Waals surface area contributed by atoms with Gasteiger partial charge in [-0.05, 0) is 66.5 Å². The molecule has 0 saturated heterocycles. The van der Waals surface area contributed by atoms with E-state index in [0.717, 1.165) is 28.8 Å². The lowest BCUT2D eigenvalue weighted by molar-refractivity contribution is 0.0601. The first-order valence-corrected chi connectivity index (χ1v) is 9.44. The molecular formula is C19H24N2O2S2. The van der Waals surface area contributed by atoms with Crippen LogP contribution in [-0.4, -0.2) is 18.2 Å². The largest absolute Gasteiger partial charge is 0.465 e. The number of methoxy groups -OCH3 is 1. The summed E-state index contributed by atoms with van der Waals surface area (Å²) < 4.78 is 4.96. The summed E-state index contributed by atoms with van der Waals surface area (Å²) in [6.45, 7) is 8.31. The molecule has 2 N–H and O–H groups in total. The number of anilines is 2. The molecule has 0 fully saturated rings. The van der Waals surface area contributed by atoms with Crippen molar-refractivity contribution < 1.29 is 9.53 Å². The van der Waals surface area contributed by atoms with Gasteiger partial charge in [0.15, 0.2) is 5.11 Å². The van der Waals surface area contributed by atoms with Gasteiger partial charge in [-0.2, -0.15) is 0 Å². The normalized spacial score (nSPS) is 10.6. The number of esters is 1. The van der Waals surface area contributed by atoms with Crippen molar-refractivity contribution in [2.75, 3.05) is 17.7 Å². The van der Waals surface area contributed by atoms with Gasteiger partial charge in [-0.25, -0.2) is 4.79 Å². The zero-order chi connectivity index (χ0) is 18.6. The summed E-state index contributed by atoms with van der Waals surface area (Å²) in [4.78, 5) is 12.2. The highest BCUT2D eigenvalue weighted by molar-refractivity contribution is 7.80. The molecule has 4 nitrogen and oxygen atoms in total. The van der Waals surface area contributed by atoms with Crippen LogP contribution in [-0.2, 0) is 11.2 Å². The Balaban J connectivity index is 2.21. The molecule has 2 rings (SSSR count). The minimum atomic E-state index is -0.339. The number of benzene rings is 1. The van der Waals surface area contributed by atoms with Crippen molar-refractivity contribution in [2.45, 2.75) is 34.1 Å². The second-order valence-corrected chi connectivity index (χ2v) is 7.74. The monoisotopic (exact) mass is 376 g/mol. The number of carbonyl (C=O) groups is 1. The summed E-state index contributed by atoms with van der Waals surface area (Å²) in [5, 5.41) is 9.52. The number of thiophene rings is 1. The highest BCUT2D eigenvalue weighted by atomic mass is 32.1. The fraction of sp³-hybridized carbons (Fsp3) is 0.368. The Morgan fingerprint density at radius 3 is 2.64 bits per heavy atom. The standard InChI is InChI=1S/C19H24N2O2S2/c1-11(2)8-14-10-25-17(16(14)18(22)23-5)21-19(24)20-15-9-12(3)6-7-13(15)4/h6-7,9-11H,8H2,1-5H3,(H2,20,21,24). The highest BCUT2D eigenvalue weighted by Gasteiger charge is 2.21. The van der Waals surface area contributed by atoms with Crippen molar-refractivity contribution in [2.24, 2.45) is 5.92 Å². The van der Waals surface area contributed by atoms with Crippen molar-refractivity contribution in [1.29, 1.82) is 0 Å². The van der Waals surface area contributed by atoms with E-state index in [0.29, 0.717) is 21.6 Å². The van der Waals surface area contributed by atoms with E-state index in [4.69, 9.17) is 17.0 Å². The molecule has 0 bridgehead atoms. The third-order valence-electron chi connectivity index (χ3n) is 3.75. The first-order valence-electron chi connectivity index (χ1n) is 8.15. The van der Waals surface area contributed by atoms with Crippen LogP contribution in [0.3, 0.4) is 0 Å². The molecule has 6 heteroatoms. The number of ether oxygens (including phenoxy) is 1. The van der Waals surface area contributed by atoms with Gasteiger partial charge in [-0.3, -0.25) is 0 Å². The van der Waals surface area contributed by atoms with Gasteiger partial charge in [0, 0.05) is 5.69 Å². The minimum Gasteiger partial charge on any atom is -0.465 e. The number of rotatable bonds is 5. The molecule has 1 aromatic carbocycles. The average Bonchev–Trinajstić information content (AvgIpc) is 2.91. The SMILES string of the molecule is COC(=O)c1c(CC(C)C)csc1NC(=S)Nc1cc(C)ccc1C. The molecule has 0 aliphatic heterocycles. The molecule has 0 spiro atoms. The van der Waals surface area contributed by atoms with Gasteiger partial charge in [0.25, 0.3) is 0 Å². The van der Waals surface area contributed by atoms with Crippen LogP contribution in [0.5, 0.6) is 0 Å². The Morgan fingerprint density at radius 2 is 2.00 bits per heavy atom. The zero-order valence-electron chi connectivity index (χ0n) is 15.2. The molecular weight excluding hydrogens is 352 g/mol. The van der Waals surface area contributed by atoms with Crippen molar-refractivity contribution in [3.8, 4) is 0 Å². The molecule has 0 aliphatic rings. The maximum atomic E-state index is 12.2. The van der Waals surface area contributed by atoms with Crippen LogP contribution in [0.1, 0.15) is 40.9 Å². The lowest BCUT2D eigenvalue weighted by Crippen LogP contribution is -2.21. The van der Waals surface area contributed by atoms with Crippen LogP contribution in [0, 0.1) is 19.8 Å². The van der Waals surface area contributed by atoms with Crippen LogP contribution in [0.2, 0.25) is 0 Å². The molecule has 0 aliphatic carbocycles. The maximum absolute atomic E-state index is 12.2. The number of nitrogens with one attached hydrogen (secondary N) is 2. The molecule has 0 amide bonds. The lowest BCUT2D eigenvalue weighted by Gasteiger charge is -2.13. The Bertz CT molecular complexity index is 782. The lowest BCUT2D eigenvalue weighted by atomic mass is 10.0. The molecule has 0 atom stereocenters.